The van der Waals surface area contributed by atoms with E-state index in [1.165, 1.54) is 12.1 Å². The van der Waals surface area contributed by atoms with Crippen molar-refractivity contribution in [2.24, 2.45) is 5.73 Å². The second-order valence-electron chi connectivity index (χ2n) is 3.95. The largest absolute Gasteiger partial charge is 0.496 e. The van der Waals surface area contributed by atoms with Crippen molar-refractivity contribution in [1.29, 1.82) is 0 Å². The van der Waals surface area contributed by atoms with Crippen LogP contribution in [0.25, 0.3) is 0 Å². The van der Waals surface area contributed by atoms with E-state index in [9.17, 15) is 4.39 Å². The molecule has 1 aliphatic rings. The summed E-state index contributed by atoms with van der Waals surface area (Å²) in [5.74, 6) is 0.402. The molecule has 1 aromatic carbocycles. The second-order valence-corrected chi connectivity index (χ2v) is 3.95. The smallest absolute Gasteiger partial charge is 0.124 e. The summed E-state index contributed by atoms with van der Waals surface area (Å²) in [6.07, 6.45) is 1.76. The van der Waals surface area contributed by atoms with Crippen LogP contribution in [0.2, 0.25) is 0 Å². The van der Waals surface area contributed by atoms with Crippen molar-refractivity contribution in [3.63, 3.8) is 0 Å². The first kappa shape index (κ1) is 11.4. The van der Waals surface area contributed by atoms with E-state index in [0.717, 1.165) is 18.4 Å². The van der Waals surface area contributed by atoms with E-state index in [1.54, 1.807) is 13.2 Å². The maximum atomic E-state index is 13.2. The van der Waals surface area contributed by atoms with Crippen LogP contribution in [-0.4, -0.2) is 19.8 Å². The zero-order valence-electron chi connectivity index (χ0n) is 9.28. The maximum Gasteiger partial charge on any atom is 0.124 e. The molecule has 0 bridgehead atoms. The van der Waals surface area contributed by atoms with Gasteiger partial charge < -0.3 is 15.2 Å². The lowest BCUT2D eigenvalue weighted by atomic mass is 10.0. The van der Waals surface area contributed by atoms with Gasteiger partial charge >= 0.3 is 0 Å². The minimum Gasteiger partial charge on any atom is -0.496 e. The Morgan fingerprint density at radius 3 is 2.94 bits per heavy atom. The summed E-state index contributed by atoms with van der Waals surface area (Å²) < 4.78 is 24.1. The molecule has 16 heavy (non-hydrogen) atoms. The topological polar surface area (TPSA) is 44.5 Å². The number of nitrogens with two attached hydrogens (primary N) is 1. The molecular formula is C12H16FNO2. The van der Waals surface area contributed by atoms with Crippen LogP contribution in [0.1, 0.15) is 24.5 Å². The summed E-state index contributed by atoms with van der Waals surface area (Å²) in [5, 5.41) is 0. The molecule has 88 valence electrons. The Bertz CT molecular complexity index is 370. The molecule has 0 radical (unpaired) electrons. The van der Waals surface area contributed by atoms with Crippen molar-refractivity contribution in [1.82, 2.24) is 0 Å². The van der Waals surface area contributed by atoms with Crippen LogP contribution < -0.4 is 10.5 Å². The molecule has 0 amide bonds. The molecule has 0 unspecified atom stereocenters. The normalized spacial score (nSPS) is 24.7. The van der Waals surface area contributed by atoms with E-state index in [0.29, 0.717) is 12.3 Å². The summed E-state index contributed by atoms with van der Waals surface area (Å²) in [6, 6.07) is 4.49. The van der Waals surface area contributed by atoms with Crippen LogP contribution in [0.5, 0.6) is 5.75 Å². The quantitative estimate of drug-likeness (QED) is 0.855. The molecule has 3 nitrogen and oxygen atoms in total. The molecule has 1 aromatic rings. The van der Waals surface area contributed by atoms with Gasteiger partial charge in [0.25, 0.3) is 0 Å². The maximum absolute atomic E-state index is 13.2. The number of rotatable bonds is 3. The Morgan fingerprint density at radius 1 is 1.50 bits per heavy atom. The molecule has 4 heteroatoms. The van der Waals surface area contributed by atoms with Crippen LogP contribution in [-0.2, 0) is 4.74 Å². The summed E-state index contributed by atoms with van der Waals surface area (Å²) in [5.41, 5.74) is 6.32. The first-order valence-electron chi connectivity index (χ1n) is 5.43. The van der Waals surface area contributed by atoms with Gasteiger partial charge in [-0.25, -0.2) is 4.39 Å². The van der Waals surface area contributed by atoms with Crippen LogP contribution in [0, 0.1) is 5.82 Å². The Balaban J connectivity index is 2.22. The minimum absolute atomic E-state index is 0.0815. The number of ether oxygens (including phenoxy) is 2. The zero-order chi connectivity index (χ0) is 11.5. The van der Waals surface area contributed by atoms with Gasteiger partial charge in [-0.1, -0.05) is 0 Å². The van der Waals surface area contributed by atoms with E-state index < -0.39 is 0 Å². The second kappa shape index (κ2) is 4.80. The molecule has 0 aromatic heterocycles. The van der Waals surface area contributed by atoms with E-state index in [4.69, 9.17) is 15.2 Å². The average Bonchev–Trinajstić information content (AvgIpc) is 2.77. The third-order valence-corrected chi connectivity index (χ3v) is 2.91. The lowest BCUT2D eigenvalue weighted by molar-refractivity contribution is 0.0483. The molecule has 2 atom stereocenters. The highest BCUT2D eigenvalue weighted by Gasteiger charge is 2.27. The average molecular weight is 225 g/mol. The number of methoxy groups -OCH3 is 1. The zero-order valence-corrected chi connectivity index (χ0v) is 9.28. The summed E-state index contributed by atoms with van der Waals surface area (Å²) >= 11 is 0. The lowest BCUT2D eigenvalue weighted by Crippen LogP contribution is -2.18. The molecular weight excluding hydrogens is 209 g/mol. The number of hydrogen-bond acceptors (Lipinski definition) is 3. The van der Waals surface area contributed by atoms with Gasteiger partial charge in [-0.15, -0.1) is 0 Å². The number of hydrogen-bond donors (Lipinski definition) is 1. The standard InChI is InChI=1S/C12H16FNO2/c1-15-11-4-2-8(13)6-10(11)12-5-3-9(7-14)16-12/h2,4,6,9,12H,3,5,7,14H2,1H3/t9-,12-/m0/s1. The molecule has 2 rings (SSSR count). The van der Waals surface area contributed by atoms with Crippen molar-refractivity contribution < 1.29 is 13.9 Å². The van der Waals surface area contributed by atoms with Gasteiger partial charge in [0.15, 0.2) is 0 Å². The SMILES string of the molecule is COc1ccc(F)cc1[C@@H]1CC[C@@H](CN)O1. The highest BCUT2D eigenvalue weighted by Crippen LogP contribution is 2.37. The minimum atomic E-state index is -0.268. The fourth-order valence-corrected chi connectivity index (χ4v) is 2.06. The van der Waals surface area contributed by atoms with Gasteiger partial charge in [0, 0.05) is 12.1 Å². The summed E-state index contributed by atoms with van der Waals surface area (Å²) in [4.78, 5) is 0. The molecule has 1 aliphatic heterocycles. The van der Waals surface area contributed by atoms with E-state index >= 15 is 0 Å². The lowest BCUT2D eigenvalue weighted by Gasteiger charge is -2.15. The summed E-state index contributed by atoms with van der Waals surface area (Å²) in [7, 11) is 1.58. The van der Waals surface area contributed by atoms with Gasteiger partial charge in [-0.05, 0) is 31.0 Å². The number of benzene rings is 1. The van der Waals surface area contributed by atoms with Gasteiger partial charge in [0.05, 0.1) is 19.3 Å². The molecule has 1 saturated heterocycles. The van der Waals surface area contributed by atoms with Crippen LogP contribution >= 0.6 is 0 Å². The molecule has 1 heterocycles. The van der Waals surface area contributed by atoms with Crippen molar-refractivity contribution in [3.8, 4) is 5.75 Å². The van der Waals surface area contributed by atoms with E-state index in [2.05, 4.69) is 0 Å². The molecule has 0 aliphatic carbocycles. The Hall–Kier alpha value is -1.13. The Morgan fingerprint density at radius 2 is 2.31 bits per heavy atom. The van der Waals surface area contributed by atoms with Gasteiger partial charge in [-0.2, -0.15) is 0 Å². The predicted molar refractivity (Wildman–Crippen MR) is 58.9 cm³/mol. The van der Waals surface area contributed by atoms with Gasteiger partial charge in [0.2, 0.25) is 0 Å². The third-order valence-electron chi connectivity index (χ3n) is 2.91. The highest BCUT2D eigenvalue weighted by molar-refractivity contribution is 5.36. The first-order chi connectivity index (χ1) is 7.74. The molecule has 0 saturated carbocycles. The highest BCUT2D eigenvalue weighted by atomic mass is 19.1. The third kappa shape index (κ3) is 2.18. The fraction of sp³-hybridized carbons (Fsp3) is 0.500. The van der Waals surface area contributed by atoms with Gasteiger partial charge in [0.1, 0.15) is 11.6 Å². The predicted octanol–water partition coefficient (Wildman–Crippen LogP) is 2.01. The summed E-state index contributed by atoms with van der Waals surface area (Å²) in [6.45, 7) is 0.508. The van der Waals surface area contributed by atoms with Crippen LogP contribution in [0.4, 0.5) is 4.39 Å². The fourth-order valence-electron chi connectivity index (χ4n) is 2.06. The Kier molecular flexibility index (Phi) is 3.41. The molecule has 0 spiro atoms. The molecule has 2 N–H and O–H groups in total. The van der Waals surface area contributed by atoms with Crippen molar-refractivity contribution >= 4 is 0 Å². The van der Waals surface area contributed by atoms with Crippen LogP contribution in [0.15, 0.2) is 18.2 Å². The molecule has 1 fully saturated rings. The van der Waals surface area contributed by atoms with E-state index in [-0.39, 0.29) is 18.0 Å². The van der Waals surface area contributed by atoms with E-state index in [1.807, 2.05) is 0 Å². The monoisotopic (exact) mass is 225 g/mol. The number of halogens is 1. The van der Waals surface area contributed by atoms with Gasteiger partial charge in [-0.3, -0.25) is 0 Å². The van der Waals surface area contributed by atoms with Crippen molar-refractivity contribution in [2.45, 2.75) is 25.0 Å². The van der Waals surface area contributed by atoms with Crippen molar-refractivity contribution in [2.75, 3.05) is 13.7 Å². The Labute approximate surface area is 94.3 Å². The first-order valence-corrected chi connectivity index (χ1v) is 5.43. The van der Waals surface area contributed by atoms with Crippen molar-refractivity contribution in [3.05, 3.63) is 29.6 Å². The van der Waals surface area contributed by atoms with Crippen LogP contribution in [0.3, 0.4) is 0 Å².